The van der Waals surface area contributed by atoms with E-state index in [0.29, 0.717) is 16.7 Å². The van der Waals surface area contributed by atoms with Crippen molar-refractivity contribution in [2.24, 2.45) is 0 Å². The zero-order valence-corrected chi connectivity index (χ0v) is 10.8. The predicted octanol–water partition coefficient (Wildman–Crippen LogP) is 3.82. The van der Waals surface area contributed by atoms with Gasteiger partial charge < -0.3 is 4.42 Å². The van der Waals surface area contributed by atoms with Gasteiger partial charge in [0.1, 0.15) is 5.52 Å². The molecule has 3 aromatic rings. The summed E-state index contributed by atoms with van der Waals surface area (Å²) in [5.74, 6) is -0.0859. The lowest BCUT2D eigenvalue weighted by atomic mass is 10.1. The fourth-order valence-corrected chi connectivity index (χ4v) is 2.06. The second kappa shape index (κ2) is 4.38. The molecular weight excluding hydrogens is 294 g/mol. The number of ketones is 1. The average Bonchev–Trinajstić information content (AvgIpc) is 2.81. The minimum Gasteiger partial charge on any atom is -0.433 e. The van der Waals surface area contributed by atoms with E-state index in [1.165, 1.54) is 0 Å². The number of carbonyl (C=O) groups excluding carboxylic acids is 1. The molecule has 3 nitrogen and oxygen atoms in total. The predicted molar refractivity (Wildman–Crippen MR) is 71.6 cm³/mol. The van der Waals surface area contributed by atoms with Crippen molar-refractivity contribution in [1.82, 2.24) is 4.98 Å². The fraction of sp³-hybridized carbons (Fsp3) is 0. The van der Waals surface area contributed by atoms with E-state index in [2.05, 4.69) is 20.9 Å². The Balaban J connectivity index is 2.07. The molecule has 0 amide bonds. The van der Waals surface area contributed by atoms with Crippen molar-refractivity contribution < 1.29 is 9.21 Å². The van der Waals surface area contributed by atoms with Gasteiger partial charge in [-0.2, -0.15) is 0 Å². The SMILES string of the molecule is O=C(c1ccccc1)c1nc2cc(Br)ccc2o1. The number of hydrogen-bond donors (Lipinski definition) is 0. The van der Waals surface area contributed by atoms with Crippen LogP contribution in [0.1, 0.15) is 16.2 Å². The van der Waals surface area contributed by atoms with Crippen molar-refractivity contribution in [3.63, 3.8) is 0 Å². The largest absolute Gasteiger partial charge is 0.433 e. The van der Waals surface area contributed by atoms with E-state index in [1.54, 1.807) is 18.2 Å². The number of benzene rings is 2. The molecule has 0 aliphatic heterocycles. The topological polar surface area (TPSA) is 43.1 Å². The van der Waals surface area contributed by atoms with E-state index in [1.807, 2.05) is 30.3 Å². The highest BCUT2D eigenvalue weighted by atomic mass is 79.9. The Kier molecular flexibility index (Phi) is 2.72. The number of rotatable bonds is 2. The summed E-state index contributed by atoms with van der Waals surface area (Å²) in [7, 11) is 0. The number of oxazole rings is 1. The summed E-state index contributed by atoms with van der Waals surface area (Å²) in [4.78, 5) is 16.3. The average molecular weight is 302 g/mol. The first-order valence-corrected chi connectivity index (χ1v) is 6.19. The van der Waals surface area contributed by atoms with Crippen LogP contribution in [-0.2, 0) is 0 Å². The summed E-state index contributed by atoms with van der Waals surface area (Å²) in [6.07, 6.45) is 0. The summed E-state index contributed by atoms with van der Waals surface area (Å²) in [5, 5.41) is 0. The molecule has 0 aliphatic carbocycles. The zero-order valence-electron chi connectivity index (χ0n) is 9.26. The lowest BCUT2D eigenvalue weighted by molar-refractivity contribution is 0.100. The Morgan fingerprint density at radius 2 is 1.89 bits per heavy atom. The summed E-state index contributed by atoms with van der Waals surface area (Å²) in [6.45, 7) is 0. The van der Waals surface area contributed by atoms with Crippen LogP contribution >= 0.6 is 15.9 Å². The number of nitrogens with zero attached hydrogens (tertiary/aromatic N) is 1. The molecule has 4 heteroatoms. The molecular formula is C14H8BrNO2. The molecule has 18 heavy (non-hydrogen) atoms. The van der Waals surface area contributed by atoms with E-state index >= 15 is 0 Å². The third-order valence-corrected chi connectivity index (χ3v) is 3.07. The monoisotopic (exact) mass is 301 g/mol. The van der Waals surface area contributed by atoms with Crippen LogP contribution in [0, 0.1) is 0 Å². The molecule has 1 aromatic heterocycles. The van der Waals surface area contributed by atoms with Gasteiger partial charge in [0.05, 0.1) is 0 Å². The van der Waals surface area contributed by atoms with Gasteiger partial charge in [-0.25, -0.2) is 4.98 Å². The molecule has 0 saturated heterocycles. The van der Waals surface area contributed by atoms with Crippen LogP contribution < -0.4 is 0 Å². The highest BCUT2D eigenvalue weighted by Gasteiger charge is 2.16. The lowest BCUT2D eigenvalue weighted by Gasteiger charge is -1.94. The Hall–Kier alpha value is -1.94. The van der Waals surface area contributed by atoms with Crippen molar-refractivity contribution in [3.8, 4) is 0 Å². The number of fused-ring (bicyclic) bond motifs is 1. The maximum absolute atomic E-state index is 12.1. The second-order valence-electron chi connectivity index (χ2n) is 3.83. The first kappa shape index (κ1) is 11.2. The molecule has 0 aliphatic rings. The molecule has 0 radical (unpaired) electrons. The van der Waals surface area contributed by atoms with Crippen LogP contribution in [0.4, 0.5) is 0 Å². The number of hydrogen-bond acceptors (Lipinski definition) is 3. The number of aromatic nitrogens is 1. The molecule has 88 valence electrons. The number of halogens is 1. The normalized spacial score (nSPS) is 10.7. The number of carbonyl (C=O) groups is 1. The van der Waals surface area contributed by atoms with E-state index < -0.39 is 0 Å². The van der Waals surface area contributed by atoms with Crippen molar-refractivity contribution in [2.45, 2.75) is 0 Å². The van der Waals surface area contributed by atoms with Crippen LogP contribution in [0.2, 0.25) is 0 Å². The maximum Gasteiger partial charge on any atom is 0.269 e. The van der Waals surface area contributed by atoms with Crippen molar-refractivity contribution in [3.05, 3.63) is 64.5 Å². The van der Waals surface area contributed by atoms with Gasteiger partial charge in [-0.3, -0.25) is 4.79 Å². The van der Waals surface area contributed by atoms with Gasteiger partial charge in [0.15, 0.2) is 5.58 Å². The first-order valence-electron chi connectivity index (χ1n) is 5.40. The quantitative estimate of drug-likeness (QED) is 0.676. The Morgan fingerprint density at radius 3 is 2.67 bits per heavy atom. The summed E-state index contributed by atoms with van der Waals surface area (Å²) >= 11 is 3.36. The van der Waals surface area contributed by atoms with Crippen LogP contribution in [-0.4, -0.2) is 10.8 Å². The third-order valence-electron chi connectivity index (χ3n) is 2.58. The van der Waals surface area contributed by atoms with Gasteiger partial charge in [0, 0.05) is 10.0 Å². The smallest absolute Gasteiger partial charge is 0.269 e. The standard InChI is InChI=1S/C14H8BrNO2/c15-10-6-7-12-11(8-10)16-14(18-12)13(17)9-4-2-1-3-5-9/h1-8H. The van der Waals surface area contributed by atoms with E-state index in [9.17, 15) is 4.79 Å². The van der Waals surface area contributed by atoms with E-state index in [4.69, 9.17) is 4.42 Å². The Morgan fingerprint density at radius 1 is 1.11 bits per heavy atom. The zero-order chi connectivity index (χ0) is 12.5. The second-order valence-corrected chi connectivity index (χ2v) is 4.74. The molecule has 0 atom stereocenters. The van der Waals surface area contributed by atoms with Crippen LogP contribution in [0.15, 0.2) is 57.4 Å². The van der Waals surface area contributed by atoms with Crippen molar-refractivity contribution in [1.29, 1.82) is 0 Å². The van der Waals surface area contributed by atoms with Gasteiger partial charge in [-0.05, 0) is 18.2 Å². The highest BCUT2D eigenvalue weighted by Crippen LogP contribution is 2.21. The molecule has 0 bridgehead atoms. The summed E-state index contributed by atoms with van der Waals surface area (Å²) in [6, 6.07) is 14.4. The molecule has 1 heterocycles. The fourth-order valence-electron chi connectivity index (χ4n) is 1.71. The molecule has 0 N–H and O–H groups in total. The van der Waals surface area contributed by atoms with Crippen LogP contribution in [0.25, 0.3) is 11.1 Å². The molecule has 0 spiro atoms. The maximum atomic E-state index is 12.1. The van der Waals surface area contributed by atoms with E-state index in [0.717, 1.165) is 4.47 Å². The Bertz CT molecular complexity index is 719. The molecule has 2 aromatic carbocycles. The van der Waals surface area contributed by atoms with Gasteiger partial charge in [0.2, 0.25) is 5.78 Å². The van der Waals surface area contributed by atoms with Crippen molar-refractivity contribution in [2.75, 3.05) is 0 Å². The van der Waals surface area contributed by atoms with Gasteiger partial charge in [-0.1, -0.05) is 46.3 Å². The molecule has 3 rings (SSSR count). The highest BCUT2D eigenvalue weighted by molar-refractivity contribution is 9.10. The summed E-state index contributed by atoms with van der Waals surface area (Å²) < 4.78 is 6.36. The lowest BCUT2D eigenvalue weighted by Crippen LogP contribution is -2.00. The van der Waals surface area contributed by atoms with Crippen LogP contribution in [0.5, 0.6) is 0 Å². The molecule has 0 saturated carbocycles. The van der Waals surface area contributed by atoms with Gasteiger partial charge >= 0.3 is 0 Å². The van der Waals surface area contributed by atoms with E-state index in [-0.39, 0.29) is 11.7 Å². The first-order chi connectivity index (χ1) is 8.74. The van der Waals surface area contributed by atoms with Gasteiger partial charge in [-0.15, -0.1) is 0 Å². The van der Waals surface area contributed by atoms with Crippen LogP contribution in [0.3, 0.4) is 0 Å². The minimum absolute atomic E-state index is 0.120. The molecule has 0 unspecified atom stereocenters. The van der Waals surface area contributed by atoms with Crippen molar-refractivity contribution >= 4 is 32.8 Å². The molecule has 0 fully saturated rings. The minimum atomic E-state index is -0.206. The van der Waals surface area contributed by atoms with Gasteiger partial charge in [0.25, 0.3) is 5.89 Å². The Labute approximate surface area is 112 Å². The third kappa shape index (κ3) is 1.95. The summed E-state index contributed by atoms with van der Waals surface area (Å²) in [5.41, 5.74) is 1.85.